The van der Waals surface area contributed by atoms with Gasteiger partial charge in [-0.05, 0) is 56.4 Å². The number of rotatable bonds is 10. The topological polar surface area (TPSA) is 75.3 Å². The van der Waals surface area contributed by atoms with Crippen LogP contribution < -0.4 is 20.7 Å². The third kappa shape index (κ3) is 6.06. The van der Waals surface area contributed by atoms with E-state index in [1.165, 1.54) is 0 Å². The predicted molar refractivity (Wildman–Crippen MR) is 121 cm³/mol. The normalized spacial score (nSPS) is 11.5. The molecule has 6 nitrogen and oxygen atoms in total. The fraction of sp³-hybridized carbons (Fsp3) is 0.250. The lowest BCUT2D eigenvalue weighted by Gasteiger charge is -2.20. The molecule has 30 heavy (non-hydrogen) atoms. The molecule has 0 saturated heterocycles. The Bertz CT molecular complexity index is 929. The van der Waals surface area contributed by atoms with Gasteiger partial charge in [-0.15, -0.1) is 0 Å². The Morgan fingerprint density at radius 2 is 1.90 bits per heavy atom. The van der Waals surface area contributed by atoms with E-state index in [4.69, 9.17) is 4.74 Å². The molecule has 2 aromatic carbocycles. The zero-order valence-electron chi connectivity index (χ0n) is 17.4. The predicted octanol–water partition coefficient (Wildman–Crippen LogP) is 4.50. The number of nitrogens with zero attached hydrogens (tertiary/aromatic N) is 1. The molecule has 3 aromatic rings. The van der Waals surface area contributed by atoms with Crippen molar-refractivity contribution in [2.45, 2.75) is 19.4 Å². The minimum absolute atomic E-state index is 0.0974. The fourth-order valence-corrected chi connectivity index (χ4v) is 3.07. The molecule has 3 rings (SSSR count). The number of aromatic nitrogens is 1. The molecule has 0 saturated carbocycles. The van der Waals surface area contributed by atoms with Crippen LogP contribution in [-0.2, 0) is 0 Å². The highest BCUT2D eigenvalue weighted by molar-refractivity contribution is 6.04. The van der Waals surface area contributed by atoms with Gasteiger partial charge in [0.05, 0.1) is 11.9 Å². The number of carbonyl (C=O) groups excluding carboxylic acids is 1. The molecule has 0 aliphatic rings. The highest BCUT2D eigenvalue weighted by atomic mass is 16.5. The molecule has 0 spiro atoms. The van der Waals surface area contributed by atoms with Gasteiger partial charge in [-0.1, -0.05) is 36.4 Å². The van der Waals surface area contributed by atoms with Crippen molar-refractivity contribution in [1.82, 2.24) is 10.3 Å². The highest BCUT2D eigenvalue weighted by Crippen LogP contribution is 2.25. The molecule has 0 aliphatic heterocycles. The zero-order chi connectivity index (χ0) is 21.2. The van der Waals surface area contributed by atoms with Crippen LogP contribution in [-0.4, -0.2) is 31.0 Å². The average Bonchev–Trinajstić information content (AvgIpc) is 2.79. The van der Waals surface area contributed by atoms with Gasteiger partial charge in [0, 0.05) is 18.5 Å². The summed E-state index contributed by atoms with van der Waals surface area (Å²) in [6.07, 6.45) is 2.36. The number of nitrogens with one attached hydrogen (secondary N) is 3. The first-order chi connectivity index (χ1) is 14.7. The van der Waals surface area contributed by atoms with Crippen molar-refractivity contribution in [3.63, 3.8) is 0 Å². The lowest BCUT2D eigenvalue weighted by Crippen LogP contribution is -2.17. The molecule has 1 atom stereocenters. The zero-order valence-corrected chi connectivity index (χ0v) is 17.4. The SMILES string of the molecule is CCNc1ccc(NC(=O)c2cccc(OC(CCNC)c3ccccc3)c2)cn1. The van der Waals surface area contributed by atoms with Gasteiger partial charge in [0.15, 0.2) is 0 Å². The molecular formula is C24H28N4O2. The van der Waals surface area contributed by atoms with E-state index < -0.39 is 0 Å². The third-order valence-electron chi connectivity index (χ3n) is 4.58. The second-order valence-electron chi connectivity index (χ2n) is 6.85. The number of amides is 1. The first-order valence-corrected chi connectivity index (χ1v) is 10.2. The Morgan fingerprint density at radius 3 is 2.60 bits per heavy atom. The van der Waals surface area contributed by atoms with Crippen LogP contribution in [0.15, 0.2) is 72.9 Å². The Morgan fingerprint density at radius 1 is 1.07 bits per heavy atom. The molecule has 0 radical (unpaired) electrons. The van der Waals surface area contributed by atoms with Crippen molar-refractivity contribution < 1.29 is 9.53 Å². The highest BCUT2D eigenvalue weighted by Gasteiger charge is 2.14. The van der Waals surface area contributed by atoms with E-state index in [1.54, 1.807) is 18.3 Å². The number of benzene rings is 2. The van der Waals surface area contributed by atoms with Crippen molar-refractivity contribution in [2.75, 3.05) is 30.8 Å². The van der Waals surface area contributed by atoms with E-state index in [-0.39, 0.29) is 12.0 Å². The minimum Gasteiger partial charge on any atom is -0.486 e. The van der Waals surface area contributed by atoms with Crippen LogP contribution in [0.5, 0.6) is 5.75 Å². The molecule has 0 bridgehead atoms. The van der Waals surface area contributed by atoms with Crippen LogP contribution in [0.4, 0.5) is 11.5 Å². The summed E-state index contributed by atoms with van der Waals surface area (Å²) >= 11 is 0. The second kappa shape index (κ2) is 11.0. The minimum atomic E-state index is -0.204. The monoisotopic (exact) mass is 404 g/mol. The van der Waals surface area contributed by atoms with E-state index >= 15 is 0 Å². The molecule has 156 valence electrons. The summed E-state index contributed by atoms with van der Waals surface area (Å²) in [5, 5.41) is 9.18. The summed E-state index contributed by atoms with van der Waals surface area (Å²) in [4.78, 5) is 17.0. The Kier molecular flexibility index (Phi) is 7.80. The van der Waals surface area contributed by atoms with Crippen LogP contribution in [0.2, 0.25) is 0 Å². The van der Waals surface area contributed by atoms with E-state index in [0.717, 1.165) is 30.9 Å². The Labute approximate surface area is 177 Å². The molecule has 0 fully saturated rings. The lowest BCUT2D eigenvalue weighted by atomic mass is 10.1. The Hall–Kier alpha value is -3.38. The van der Waals surface area contributed by atoms with Gasteiger partial charge in [0.2, 0.25) is 0 Å². The standard InChI is InChI=1S/C24H28N4O2/c1-3-26-23-13-12-20(17-27-23)28-24(29)19-10-7-11-21(16-19)30-22(14-15-25-2)18-8-5-4-6-9-18/h4-13,16-17,22,25H,3,14-15H2,1-2H3,(H,26,27)(H,28,29). The molecule has 1 aromatic heterocycles. The second-order valence-corrected chi connectivity index (χ2v) is 6.85. The molecule has 3 N–H and O–H groups in total. The van der Waals surface area contributed by atoms with Crippen LogP contribution in [0.1, 0.15) is 35.4 Å². The number of hydrogen-bond donors (Lipinski definition) is 3. The van der Waals surface area contributed by atoms with Gasteiger partial charge >= 0.3 is 0 Å². The van der Waals surface area contributed by atoms with E-state index in [9.17, 15) is 4.79 Å². The molecule has 6 heteroatoms. The molecule has 0 aliphatic carbocycles. The van der Waals surface area contributed by atoms with Gasteiger partial charge < -0.3 is 20.7 Å². The number of anilines is 2. The first kappa shape index (κ1) is 21.3. The van der Waals surface area contributed by atoms with Crippen molar-refractivity contribution in [2.24, 2.45) is 0 Å². The number of hydrogen-bond acceptors (Lipinski definition) is 5. The fourth-order valence-electron chi connectivity index (χ4n) is 3.07. The van der Waals surface area contributed by atoms with Crippen LogP contribution in [0.3, 0.4) is 0 Å². The van der Waals surface area contributed by atoms with Crippen molar-refractivity contribution in [3.05, 3.63) is 84.1 Å². The third-order valence-corrected chi connectivity index (χ3v) is 4.58. The van der Waals surface area contributed by atoms with Crippen molar-refractivity contribution in [3.8, 4) is 5.75 Å². The summed E-state index contributed by atoms with van der Waals surface area (Å²) in [6, 6.07) is 21.0. The van der Waals surface area contributed by atoms with Crippen LogP contribution >= 0.6 is 0 Å². The molecule has 1 amide bonds. The van der Waals surface area contributed by atoms with Crippen LogP contribution in [0, 0.1) is 0 Å². The Balaban J connectivity index is 1.70. The van der Waals surface area contributed by atoms with Gasteiger partial charge in [0.1, 0.15) is 17.7 Å². The summed E-state index contributed by atoms with van der Waals surface area (Å²) < 4.78 is 6.25. The first-order valence-electron chi connectivity index (χ1n) is 10.2. The summed E-state index contributed by atoms with van der Waals surface area (Å²) in [5.74, 6) is 1.23. The van der Waals surface area contributed by atoms with Gasteiger partial charge in [0.25, 0.3) is 5.91 Å². The lowest BCUT2D eigenvalue weighted by molar-refractivity contribution is 0.102. The van der Waals surface area contributed by atoms with Gasteiger partial charge in [-0.3, -0.25) is 4.79 Å². The number of ether oxygens (including phenoxy) is 1. The number of pyridine rings is 1. The largest absolute Gasteiger partial charge is 0.486 e. The van der Waals surface area contributed by atoms with Crippen LogP contribution in [0.25, 0.3) is 0 Å². The van der Waals surface area contributed by atoms with Gasteiger partial charge in [-0.25, -0.2) is 4.98 Å². The van der Waals surface area contributed by atoms with Gasteiger partial charge in [-0.2, -0.15) is 0 Å². The quantitative estimate of drug-likeness (QED) is 0.464. The smallest absolute Gasteiger partial charge is 0.255 e. The average molecular weight is 405 g/mol. The van der Waals surface area contributed by atoms with E-state index in [0.29, 0.717) is 17.0 Å². The molecule has 1 heterocycles. The maximum Gasteiger partial charge on any atom is 0.255 e. The number of carbonyl (C=O) groups is 1. The van der Waals surface area contributed by atoms with E-state index in [1.807, 2.05) is 56.4 Å². The summed E-state index contributed by atoms with van der Waals surface area (Å²) in [6.45, 7) is 3.63. The molecular weight excluding hydrogens is 376 g/mol. The van der Waals surface area contributed by atoms with Crippen molar-refractivity contribution >= 4 is 17.4 Å². The van der Waals surface area contributed by atoms with E-state index in [2.05, 4.69) is 33.1 Å². The summed E-state index contributed by atoms with van der Waals surface area (Å²) in [5.41, 5.74) is 2.28. The van der Waals surface area contributed by atoms with Crippen molar-refractivity contribution in [1.29, 1.82) is 0 Å². The molecule has 1 unspecified atom stereocenters. The summed E-state index contributed by atoms with van der Waals surface area (Å²) in [7, 11) is 1.92. The maximum atomic E-state index is 12.7. The maximum absolute atomic E-state index is 12.7.